The number of halogens is 1. The molecule has 1 aliphatic rings. The zero-order valence-corrected chi connectivity index (χ0v) is 10.4. The van der Waals surface area contributed by atoms with E-state index in [0.29, 0.717) is 11.9 Å². The Kier molecular flexibility index (Phi) is 3.76. The number of alkyl halides is 1. The molecule has 1 saturated heterocycles. The molecule has 1 aromatic rings. The van der Waals surface area contributed by atoms with Gasteiger partial charge in [0.15, 0.2) is 0 Å². The van der Waals surface area contributed by atoms with E-state index in [1.54, 1.807) is 0 Å². The second-order valence-electron chi connectivity index (χ2n) is 3.78. The molecule has 4 heteroatoms. The molecule has 82 valence electrons. The molecule has 0 spiro atoms. The summed E-state index contributed by atoms with van der Waals surface area (Å²) in [5.74, 6) is 4.01. The van der Waals surface area contributed by atoms with Crippen LogP contribution in [0.15, 0.2) is 18.3 Å². The molecule has 1 unspecified atom stereocenters. The van der Waals surface area contributed by atoms with Crippen molar-refractivity contribution in [3.05, 3.63) is 23.9 Å². The van der Waals surface area contributed by atoms with E-state index in [9.17, 15) is 0 Å². The number of hydrogen-bond acceptors (Lipinski definition) is 3. The molecule has 1 aliphatic heterocycles. The smallest absolute Gasteiger partial charge is 0.128 e. The first-order valence-electron chi connectivity index (χ1n) is 5.16. The number of thioether (sulfide) groups is 1. The maximum absolute atomic E-state index is 5.74. The van der Waals surface area contributed by atoms with Crippen molar-refractivity contribution in [1.82, 2.24) is 4.98 Å². The lowest BCUT2D eigenvalue weighted by atomic mass is 10.2. The third kappa shape index (κ3) is 2.58. The summed E-state index contributed by atoms with van der Waals surface area (Å²) in [5.41, 5.74) is 1.08. The van der Waals surface area contributed by atoms with Crippen LogP contribution in [0, 0.1) is 0 Å². The molecule has 2 rings (SSSR count). The van der Waals surface area contributed by atoms with Crippen LogP contribution in [0.4, 0.5) is 5.82 Å². The predicted octanol–water partition coefficient (Wildman–Crippen LogP) is 2.76. The average Bonchev–Trinajstić information content (AvgIpc) is 2.30. The van der Waals surface area contributed by atoms with Crippen molar-refractivity contribution >= 4 is 29.2 Å². The second kappa shape index (κ2) is 5.08. The number of nitrogens with zero attached hydrogens (tertiary/aromatic N) is 2. The summed E-state index contributed by atoms with van der Waals surface area (Å²) in [6.45, 7) is 3.35. The summed E-state index contributed by atoms with van der Waals surface area (Å²) in [7, 11) is 0. The lowest BCUT2D eigenvalue weighted by molar-refractivity contribution is 0.689. The van der Waals surface area contributed by atoms with Crippen molar-refractivity contribution in [3.8, 4) is 0 Å². The highest BCUT2D eigenvalue weighted by molar-refractivity contribution is 7.99. The first kappa shape index (κ1) is 11.1. The van der Waals surface area contributed by atoms with Gasteiger partial charge in [-0.25, -0.2) is 4.98 Å². The third-order valence-corrected chi connectivity index (χ3v) is 4.12. The number of aromatic nitrogens is 1. The van der Waals surface area contributed by atoms with Gasteiger partial charge in [0.1, 0.15) is 5.82 Å². The van der Waals surface area contributed by atoms with E-state index in [4.69, 9.17) is 11.6 Å². The number of anilines is 1. The molecule has 2 heterocycles. The van der Waals surface area contributed by atoms with Crippen LogP contribution in [0.2, 0.25) is 0 Å². The molecule has 0 aliphatic carbocycles. The van der Waals surface area contributed by atoms with Crippen molar-refractivity contribution < 1.29 is 0 Å². The van der Waals surface area contributed by atoms with Gasteiger partial charge in [-0.2, -0.15) is 11.8 Å². The summed E-state index contributed by atoms with van der Waals surface area (Å²) >= 11 is 7.76. The molecule has 1 aromatic heterocycles. The van der Waals surface area contributed by atoms with Gasteiger partial charge in [0.25, 0.3) is 0 Å². The molecule has 0 saturated carbocycles. The summed E-state index contributed by atoms with van der Waals surface area (Å²) in [4.78, 5) is 6.83. The zero-order chi connectivity index (χ0) is 10.7. The fourth-order valence-corrected chi connectivity index (χ4v) is 2.90. The Bertz CT molecular complexity index is 315. The number of hydrogen-bond donors (Lipinski definition) is 0. The van der Waals surface area contributed by atoms with Crippen molar-refractivity contribution in [2.24, 2.45) is 0 Å². The fraction of sp³-hybridized carbons (Fsp3) is 0.545. The van der Waals surface area contributed by atoms with Crippen LogP contribution in [0.25, 0.3) is 0 Å². The van der Waals surface area contributed by atoms with Gasteiger partial charge in [-0.3, -0.25) is 0 Å². The summed E-state index contributed by atoms with van der Waals surface area (Å²) in [6, 6.07) is 4.71. The minimum Gasteiger partial charge on any atom is -0.352 e. The van der Waals surface area contributed by atoms with Gasteiger partial charge >= 0.3 is 0 Å². The van der Waals surface area contributed by atoms with Crippen LogP contribution in [0.5, 0.6) is 0 Å². The van der Waals surface area contributed by atoms with Gasteiger partial charge in [-0.05, 0) is 18.6 Å². The van der Waals surface area contributed by atoms with Crippen LogP contribution < -0.4 is 4.90 Å². The molecule has 1 fully saturated rings. The Morgan fingerprint density at radius 3 is 3.07 bits per heavy atom. The topological polar surface area (TPSA) is 16.1 Å². The zero-order valence-electron chi connectivity index (χ0n) is 8.82. The predicted molar refractivity (Wildman–Crippen MR) is 67.9 cm³/mol. The minimum atomic E-state index is 0.540. The highest BCUT2D eigenvalue weighted by Gasteiger charge is 2.19. The van der Waals surface area contributed by atoms with E-state index in [-0.39, 0.29) is 0 Å². The Morgan fingerprint density at radius 1 is 1.60 bits per heavy atom. The minimum absolute atomic E-state index is 0.540. The van der Waals surface area contributed by atoms with E-state index in [1.165, 1.54) is 11.5 Å². The normalized spacial score (nSPS) is 21.7. The Morgan fingerprint density at radius 2 is 2.47 bits per heavy atom. The van der Waals surface area contributed by atoms with Crippen molar-refractivity contribution in [2.45, 2.75) is 18.8 Å². The lowest BCUT2D eigenvalue weighted by Crippen LogP contribution is -2.40. The Hall–Kier alpha value is -0.410. The third-order valence-electron chi connectivity index (χ3n) is 2.63. The van der Waals surface area contributed by atoms with E-state index in [1.807, 2.05) is 18.0 Å². The van der Waals surface area contributed by atoms with Crippen molar-refractivity contribution in [3.63, 3.8) is 0 Å². The fourth-order valence-electron chi connectivity index (χ4n) is 1.73. The molecular formula is C11H15ClN2S. The second-order valence-corrected chi connectivity index (χ2v) is 5.19. The SMILES string of the molecule is CC1CSCCN1c1ccc(CCl)cn1. The van der Waals surface area contributed by atoms with Crippen LogP contribution in [0.3, 0.4) is 0 Å². The van der Waals surface area contributed by atoms with Crippen LogP contribution in [-0.4, -0.2) is 29.1 Å². The monoisotopic (exact) mass is 242 g/mol. The lowest BCUT2D eigenvalue weighted by Gasteiger charge is -2.34. The molecule has 2 nitrogen and oxygen atoms in total. The first-order chi connectivity index (χ1) is 7.31. The van der Waals surface area contributed by atoms with Gasteiger partial charge < -0.3 is 4.90 Å². The van der Waals surface area contributed by atoms with E-state index in [2.05, 4.69) is 28.9 Å². The van der Waals surface area contributed by atoms with Gasteiger partial charge in [0.05, 0.1) is 0 Å². The van der Waals surface area contributed by atoms with Gasteiger partial charge in [-0.15, -0.1) is 11.6 Å². The van der Waals surface area contributed by atoms with Crippen molar-refractivity contribution in [2.75, 3.05) is 23.0 Å². The van der Waals surface area contributed by atoms with Crippen LogP contribution in [-0.2, 0) is 5.88 Å². The molecule has 0 radical (unpaired) electrons. The molecular weight excluding hydrogens is 228 g/mol. The average molecular weight is 243 g/mol. The highest BCUT2D eigenvalue weighted by atomic mass is 35.5. The standard InChI is InChI=1S/C11H15ClN2S/c1-9-8-15-5-4-14(9)11-3-2-10(6-12)7-13-11/h2-3,7,9H,4-6,8H2,1H3. The van der Waals surface area contributed by atoms with Crippen molar-refractivity contribution in [1.29, 1.82) is 0 Å². The Labute approximate surface area is 100 Å². The number of pyridine rings is 1. The van der Waals surface area contributed by atoms with Gasteiger partial charge in [-0.1, -0.05) is 6.07 Å². The van der Waals surface area contributed by atoms with E-state index >= 15 is 0 Å². The maximum atomic E-state index is 5.74. The van der Waals surface area contributed by atoms with Gasteiger partial charge in [0.2, 0.25) is 0 Å². The Balaban J connectivity index is 2.13. The van der Waals surface area contributed by atoms with Crippen LogP contribution in [0.1, 0.15) is 12.5 Å². The first-order valence-corrected chi connectivity index (χ1v) is 6.85. The van der Waals surface area contributed by atoms with E-state index < -0.39 is 0 Å². The highest BCUT2D eigenvalue weighted by Crippen LogP contribution is 2.22. The summed E-state index contributed by atoms with van der Waals surface area (Å²) in [5, 5.41) is 0. The largest absolute Gasteiger partial charge is 0.352 e. The molecule has 0 bridgehead atoms. The maximum Gasteiger partial charge on any atom is 0.128 e. The van der Waals surface area contributed by atoms with Gasteiger partial charge in [0, 0.05) is 36.2 Å². The van der Waals surface area contributed by atoms with Crippen LogP contribution >= 0.6 is 23.4 Å². The molecule has 0 aromatic carbocycles. The molecule has 15 heavy (non-hydrogen) atoms. The molecule has 1 atom stereocenters. The van der Waals surface area contributed by atoms with E-state index in [0.717, 1.165) is 17.9 Å². The summed E-state index contributed by atoms with van der Waals surface area (Å²) in [6.07, 6.45) is 1.87. The molecule has 0 N–H and O–H groups in total. The molecule has 0 amide bonds. The summed E-state index contributed by atoms with van der Waals surface area (Å²) < 4.78 is 0. The quantitative estimate of drug-likeness (QED) is 0.742. The number of rotatable bonds is 2.